The number of nitrogens with one attached hydrogen (secondary N) is 1. The van der Waals surface area contributed by atoms with Crippen LogP contribution in [-0.4, -0.2) is 20.7 Å². The SMILES string of the molecule is CC1(C)C(CNS(=O)(=O)CC#N)C1(C)C. The minimum absolute atomic E-state index is 0.169. The van der Waals surface area contributed by atoms with Gasteiger partial charge in [0.1, 0.15) is 0 Å². The first-order valence-electron chi connectivity index (χ1n) is 4.99. The van der Waals surface area contributed by atoms with E-state index >= 15 is 0 Å². The molecule has 5 heteroatoms. The van der Waals surface area contributed by atoms with Gasteiger partial charge in [0.15, 0.2) is 5.75 Å². The van der Waals surface area contributed by atoms with E-state index in [0.717, 1.165) is 0 Å². The lowest BCUT2D eigenvalue weighted by molar-refractivity contribution is 0.457. The molecule has 0 unspecified atom stereocenters. The summed E-state index contributed by atoms with van der Waals surface area (Å²) in [5, 5.41) is 8.32. The Labute approximate surface area is 91.7 Å². The van der Waals surface area contributed by atoms with Crippen LogP contribution in [0.15, 0.2) is 0 Å². The lowest BCUT2D eigenvalue weighted by atomic mass is 10.0. The summed E-state index contributed by atoms with van der Waals surface area (Å²) in [5.41, 5.74) is 0.338. The monoisotopic (exact) mass is 230 g/mol. The summed E-state index contributed by atoms with van der Waals surface area (Å²) in [5.74, 6) is -0.112. The fourth-order valence-corrected chi connectivity index (χ4v) is 2.88. The molecular formula is C10H18N2O2S. The Morgan fingerprint density at radius 3 is 2.07 bits per heavy atom. The molecule has 0 aromatic carbocycles. The third-order valence-corrected chi connectivity index (χ3v) is 5.20. The van der Waals surface area contributed by atoms with Crippen LogP contribution in [0.4, 0.5) is 0 Å². The molecule has 0 amide bonds. The van der Waals surface area contributed by atoms with Crippen molar-refractivity contribution >= 4 is 10.0 Å². The third-order valence-electron chi connectivity index (χ3n) is 4.08. The molecule has 1 rings (SSSR count). The molecule has 0 radical (unpaired) electrons. The largest absolute Gasteiger partial charge is 0.225 e. The lowest BCUT2D eigenvalue weighted by Gasteiger charge is -2.04. The molecule has 1 N–H and O–H groups in total. The van der Waals surface area contributed by atoms with Gasteiger partial charge >= 0.3 is 0 Å². The van der Waals surface area contributed by atoms with Crippen LogP contribution in [0, 0.1) is 28.1 Å². The van der Waals surface area contributed by atoms with Crippen LogP contribution in [-0.2, 0) is 10.0 Å². The second-order valence-electron chi connectivity index (χ2n) is 5.26. The van der Waals surface area contributed by atoms with Gasteiger partial charge in [-0.05, 0) is 16.7 Å². The number of hydrogen-bond acceptors (Lipinski definition) is 3. The van der Waals surface area contributed by atoms with Crippen molar-refractivity contribution in [1.29, 1.82) is 5.26 Å². The van der Waals surface area contributed by atoms with Crippen molar-refractivity contribution in [1.82, 2.24) is 4.72 Å². The molecule has 1 saturated carbocycles. The van der Waals surface area contributed by atoms with Gasteiger partial charge in [-0.15, -0.1) is 0 Å². The highest BCUT2D eigenvalue weighted by atomic mass is 32.2. The van der Waals surface area contributed by atoms with E-state index in [0.29, 0.717) is 12.5 Å². The summed E-state index contributed by atoms with van der Waals surface area (Å²) in [6.07, 6.45) is 0. The van der Waals surface area contributed by atoms with Crippen molar-refractivity contribution in [3.63, 3.8) is 0 Å². The zero-order valence-electron chi connectivity index (χ0n) is 9.66. The fourth-order valence-electron chi connectivity index (χ4n) is 2.19. The molecular weight excluding hydrogens is 212 g/mol. The molecule has 0 saturated heterocycles. The zero-order chi connectivity index (χ0) is 11.9. The van der Waals surface area contributed by atoms with Gasteiger partial charge in [-0.2, -0.15) is 5.26 Å². The quantitative estimate of drug-likeness (QED) is 0.786. The second kappa shape index (κ2) is 3.46. The highest BCUT2D eigenvalue weighted by Gasteiger charge is 2.64. The smallest absolute Gasteiger partial charge is 0.214 e. The Morgan fingerprint density at radius 1 is 1.27 bits per heavy atom. The zero-order valence-corrected chi connectivity index (χ0v) is 10.5. The summed E-state index contributed by atoms with van der Waals surface area (Å²) in [6.45, 7) is 8.98. The van der Waals surface area contributed by atoms with E-state index < -0.39 is 15.8 Å². The van der Waals surface area contributed by atoms with Crippen molar-refractivity contribution in [3.8, 4) is 6.07 Å². The summed E-state index contributed by atoms with van der Waals surface area (Å²) in [4.78, 5) is 0. The first-order chi connectivity index (χ1) is 6.65. The normalized spacial score (nSPS) is 23.4. The molecule has 0 heterocycles. The van der Waals surface area contributed by atoms with Gasteiger partial charge < -0.3 is 0 Å². The molecule has 0 bridgehead atoms. The third kappa shape index (κ3) is 2.16. The standard InChI is InChI=1S/C10H18N2O2S/c1-9(2)8(10(9,3)4)7-12-15(13,14)6-5-11/h8,12H,6-7H2,1-4H3. The van der Waals surface area contributed by atoms with Crippen LogP contribution < -0.4 is 4.72 Å². The van der Waals surface area contributed by atoms with E-state index in [1.165, 1.54) is 0 Å². The number of nitriles is 1. The van der Waals surface area contributed by atoms with Gasteiger partial charge in [-0.1, -0.05) is 27.7 Å². The number of sulfonamides is 1. The van der Waals surface area contributed by atoms with Crippen LogP contribution in [0.2, 0.25) is 0 Å². The Bertz CT molecular complexity index is 376. The van der Waals surface area contributed by atoms with Crippen molar-refractivity contribution in [2.24, 2.45) is 16.7 Å². The fraction of sp³-hybridized carbons (Fsp3) is 0.900. The molecule has 0 aromatic rings. The molecule has 86 valence electrons. The van der Waals surface area contributed by atoms with Gasteiger partial charge in [0.05, 0.1) is 6.07 Å². The number of rotatable bonds is 4. The van der Waals surface area contributed by atoms with Crippen LogP contribution in [0.25, 0.3) is 0 Å². The van der Waals surface area contributed by atoms with Gasteiger partial charge in [0, 0.05) is 6.54 Å². The molecule has 15 heavy (non-hydrogen) atoms. The van der Waals surface area contributed by atoms with Crippen molar-refractivity contribution < 1.29 is 8.42 Å². The first-order valence-corrected chi connectivity index (χ1v) is 6.64. The van der Waals surface area contributed by atoms with Gasteiger partial charge in [-0.3, -0.25) is 0 Å². The summed E-state index contributed by atoms with van der Waals surface area (Å²) < 4.78 is 25.0. The molecule has 0 atom stereocenters. The van der Waals surface area contributed by atoms with E-state index in [4.69, 9.17) is 5.26 Å². The van der Waals surface area contributed by atoms with Gasteiger partial charge in [0.25, 0.3) is 0 Å². The Morgan fingerprint density at radius 2 is 1.73 bits per heavy atom. The van der Waals surface area contributed by atoms with Crippen LogP contribution in [0.1, 0.15) is 27.7 Å². The molecule has 0 spiro atoms. The highest BCUT2D eigenvalue weighted by Crippen LogP contribution is 2.67. The van der Waals surface area contributed by atoms with E-state index in [1.54, 1.807) is 6.07 Å². The molecule has 1 fully saturated rings. The minimum Gasteiger partial charge on any atom is -0.214 e. The van der Waals surface area contributed by atoms with E-state index in [9.17, 15) is 8.42 Å². The summed E-state index contributed by atoms with van der Waals surface area (Å²) in [6, 6.07) is 1.64. The van der Waals surface area contributed by atoms with Crippen LogP contribution in [0.3, 0.4) is 0 Å². The van der Waals surface area contributed by atoms with Gasteiger partial charge in [0.2, 0.25) is 10.0 Å². The van der Waals surface area contributed by atoms with Crippen LogP contribution >= 0.6 is 0 Å². The Balaban J connectivity index is 2.52. The topological polar surface area (TPSA) is 70.0 Å². The summed E-state index contributed by atoms with van der Waals surface area (Å²) >= 11 is 0. The predicted octanol–water partition coefficient (Wildman–Crippen LogP) is 1.11. The molecule has 1 aliphatic carbocycles. The van der Waals surface area contributed by atoms with Crippen molar-refractivity contribution in [2.45, 2.75) is 27.7 Å². The van der Waals surface area contributed by atoms with Crippen molar-refractivity contribution in [2.75, 3.05) is 12.3 Å². The van der Waals surface area contributed by atoms with Crippen LogP contribution in [0.5, 0.6) is 0 Å². The maximum Gasteiger partial charge on any atom is 0.225 e. The maximum atomic E-state index is 11.3. The Kier molecular flexibility index (Phi) is 2.88. The van der Waals surface area contributed by atoms with E-state index in [2.05, 4.69) is 32.4 Å². The molecule has 4 nitrogen and oxygen atoms in total. The predicted molar refractivity (Wildman–Crippen MR) is 58.5 cm³/mol. The summed E-state index contributed by atoms with van der Waals surface area (Å²) in [7, 11) is -3.40. The van der Waals surface area contributed by atoms with E-state index in [-0.39, 0.29) is 10.8 Å². The van der Waals surface area contributed by atoms with Gasteiger partial charge in [-0.25, -0.2) is 13.1 Å². The number of nitrogens with zero attached hydrogens (tertiary/aromatic N) is 1. The second-order valence-corrected chi connectivity index (χ2v) is 7.07. The maximum absolute atomic E-state index is 11.3. The van der Waals surface area contributed by atoms with E-state index in [1.807, 2.05) is 0 Å². The lowest BCUT2D eigenvalue weighted by Crippen LogP contribution is -2.29. The Hall–Kier alpha value is -0.600. The van der Waals surface area contributed by atoms with Crippen molar-refractivity contribution in [3.05, 3.63) is 0 Å². The highest BCUT2D eigenvalue weighted by molar-refractivity contribution is 7.89. The number of hydrogen-bond donors (Lipinski definition) is 1. The average molecular weight is 230 g/mol. The average Bonchev–Trinajstić information content (AvgIpc) is 2.40. The molecule has 1 aliphatic rings. The minimum atomic E-state index is -3.40. The first kappa shape index (κ1) is 12.5. The molecule has 0 aromatic heterocycles. The molecule has 0 aliphatic heterocycles.